The molecule has 1 aromatic rings. The second-order valence-electron chi connectivity index (χ2n) is 6.58. The molecule has 0 spiro atoms. The van der Waals surface area contributed by atoms with Gasteiger partial charge in [-0.05, 0) is 62.5 Å². The van der Waals surface area contributed by atoms with Crippen molar-refractivity contribution < 1.29 is 14.3 Å². The number of ether oxygens (including phenoxy) is 2. The van der Waals surface area contributed by atoms with Crippen molar-refractivity contribution >= 4 is 6.09 Å². The summed E-state index contributed by atoms with van der Waals surface area (Å²) in [5.74, 6) is 1.55. The Morgan fingerprint density at radius 2 is 2.08 bits per heavy atom. The lowest BCUT2D eigenvalue weighted by Gasteiger charge is -2.27. The zero-order valence-corrected chi connectivity index (χ0v) is 14.2. The van der Waals surface area contributed by atoms with Crippen LogP contribution in [-0.4, -0.2) is 51.5 Å². The summed E-state index contributed by atoms with van der Waals surface area (Å²) in [4.78, 5) is 12.0. The van der Waals surface area contributed by atoms with E-state index in [0.717, 1.165) is 44.6 Å². The van der Waals surface area contributed by atoms with Crippen LogP contribution in [0, 0.1) is 5.92 Å². The van der Waals surface area contributed by atoms with E-state index in [-0.39, 0.29) is 18.2 Å². The minimum Gasteiger partial charge on any atom is -0.497 e. The van der Waals surface area contributed by atoms with Crippen LogP contribution < -0.4 is 20.7 Å². The summed E-state index contributed by atoms with van der Waals surface area (Å²) in [6, 6.07) is 8.20. The quantitative estimate of drug-likeness (QED) is 0.702. The molecule has 2 saturated heterocycles. The number of alkyl carbamates (subject to hydrolysis) is 1. The molecule has 2 atom stereocenters. The normalized spacial score (nSPS) is 23.5. The van der Waals surface area contributed by atoms with Gasteiger partial charge in [-0.1, -0.05) is 12.1 Å². The van der Waals surface area contributed by atoms with Gasteiger partial charge in [0, 0.05) is 12.6 Å². The highest BCUT2D eigenvalue weighted by atomic mass is 16.6. The Hall–Kier alpha value is -1.79. The molecule has 1 aromatic carbocycles. The highest BCUT2D eigenvalue weighted by molar-refractivity contribution is 5.67. The average Bonchev–Trinajstić information content (AvgIpc) is 2.97. The average molecular weight is 333 g/mol. The number of hydrogen-bond donors (Lipinski definition) is 3. The maximum Gasteiger partial charge on any atom is 0.407 e. The van der Waals surface area contributed by atoms with Gasteiger partial charge in [0.1, 0.15) is 11.9 Å². The van der Waals surface area contributed by atoms with E-state index >= 15 is 0 Å². The lowest BCUT2D eigenvalue weighted by molar-refractivity contribution is 0.0894. The first-order valence-electron chi connectivity index (χ1n) is 8.76. The number of nitrogens with one attached hydrogen (secondary N) is 3. The molecule has 2 fully saturated rings. The molecule has 132 valence electrons. The third kappa shape index (κ3) is 4.61. The van der Waals surface area contributed by atoms with Crippen molar-refractivity contribution in [3.63, 3.8) is 0 Å². The van der Waals surface area contributed by atoms with Crippen LogP contribution in [0.2, 0.25) is 0 Å². The van der Waals surface area contributed by atoms with Gasteiger partial charge in [-0.25, -0.2) is 4.79 Å². The van der Waals surface area contributed by atoms with Crippen LogP contribution in [0.3, 0.4) is 0 Å². The summed E-state index contributed by atoms with van der Waals surface area (Å²) < 4.78 is 10.8. The minimum atomic E-state index is -0.296. The molecule has 2 heterocycles. The molecule has 0 aromatic heterocycles. The van der Waals surface area contributed by atoms with Crippen LogP contribution in [0.5, 0.6) is 5.75 Å². The third-order valence-corrected chi connectivity index (χ3v) is 4.85. The van der Waals surface area contributed by atoms with Crippen molar-refractivity contribution in [2.45, 2.75) is 31.4 Å². The zero-order valence-electron chi connectivity index (χ0n) is 14.2. The van der Waals surface area contributed by atoms with Crippen molar-refractivity contribution in [1.29, 1.82) is 0 Å². The van der Waals surface area contributed by atoms with Gasteiger partial charge in [-0.2, -0.15) is 0 Å². The molecule has 3 N–H and O–H groups in total. The van der Waals surface area contributed by atoms with E-state index in [2.05, 4.69) is 28.1 Å². The molecule has 0 radical (unpaired) electrons. The van der Waals surface area contributed by atoms with Crippen LogP contribution in [0.25, 0.3) is 0 Å². The first-order chi connectivity index (χ1) is 11.7. The Balaban J connectivity index is 1.42. The first-order valence-corrected chi connectivity index (χ1v) is 8.76. The van der Waals surface area contributed by atoms with Crippen molar-refractivity contribution in [2.75, 3.05) is 33.3 Å². The molecule has 0 unspecified atom stereocenters. The Labute approximate surface area is 143 Å². The maximum absolute atomic E-state index is 12.0. The maximum atomic E-state index is 12.0. The molecule has 24 heavy (non-hydrogen) atoms. The summed E-state index contributed by atoms with van der Waals surface area (Å²) in [6.07, 6.45) is 2.35. The fourth-order valence-electron chi connectivity index (χ4n) is 3.21. The second-order valence-corrected chi connectivity index (χ2v) is 6.58. The zero-order chi connectivity index (χ0) is 16.8. The number of benzene rings is 1. The van der Waals surface area contributed by atoms with Gasteiger partial charge in [0.2, 0.25) is 0 Å². The van der Waals surface area contributed by atoms with Crippen LogP contribution in [0.1, 0.15) is 18.4 Å². The molecule has 2 aliphatic heterocycles. The molecule has 6 heteroatoms. The van der Waals surface area contributed by atoms with Crippen molar-refractivity contribution in [1.82, 2.24) is 16.0 Å². The molecule has 6 nitrogen and oxygen atoms in total. The Morgan fingerprint density at radius 3 is 2.75 bits per heavy atom. The minimum absolute atomic E-state index is 0.0718. The summed E-state index contributed by atoms with van der Waals surface area (Å²) in [5, 5.41) is 9.55. The number of hydrogen-bond acceptors (Lipinski definition) is 5. The monoisotopic (exact) mass is 333 g/mol. The molecule has 0 saturated carbocycles. The first kappa shape index (κ1) is 17.0. The SMILES string of the molecule is COc1ccc(C[C@H]2NCC[C@H]2OC(=O)NCCC2CNC2)cc1. The van der Waals surface area contributed by atoms with Crippen LogP contribution in [0.4, 0.5) is 4.79 Å². The van der Waals surface area contributed by atoms with E-state index < -0.39 is 0 Å². The lowest BCUT2D eigenvalue weighted by atomic mass is 10.00. The summed E-state index contributed by atoms with van der Waals surface area (Å²) >= 11 is 0. The fourth-order valence-corrected chi connectivity index (χ4v) is 3.21. The highest BCUT2D eigenvalue weighted by Crippen LogP contribution is 2.18. The van der Waals surface area contributed by atoms with Gasteiger partial charge in [-0.15, -0.1) is 0 Å². The van der Waals surface area contributed by atoms with E-state index in [9.17, 15) is 4.79 Å². The van der Waals surface area contributed by atoms with E-state index in [1.165, 1.54) is 5.56 Å². The van der Waals surface area contributed by atoms with Crippen molar-refractivity contribution in [2.24, 2.45) is 5.92 Å². The van der Waals surface area contributed by atoms with Crippen molar-refractivity contribution in [3.05, 3.63) is 29.8 Å². The highest BCUT2D eigenvalue weighted by Gasteiger charge is 2.30. The third-order valence-electron chi connectivity index (χ3n) is 4.85. The lowest BCUT2D eigenvalue weighted by Crippen LogP contribution is -2.44. The standard InChI is InChI=1S/C18H27N3O3/c1-23-15-4-2-13(3-5-15)10-16-17(7-9-20-16)24-18(22)21-8-6-14-11-19-12-14/h2-5,14,16-17,19-20H,6-12H2,1H3,(H,21,22)/t16-,17-/m1/s1. The van der Waals surface area contributed by atoms with Gasteiger partial charge >= 0.3 is 6.09 Å². The van der Waals surface area contributed by atoms with Gasteiger partial charge in [0.15, 0.2) is 0 Å². The molecule has 0 bridgehead atoms. The van der Waals surface area contributed by atoms with Crippen molar-refractivity contribution in [3.8, 4) is 5.75 Å². The Bertz CT molecular complexity index is 531. The van der Waals surface area contributed by atoms with E-state index in [4.69, 9.17) is 9.47 Å². The number of methoxy groups -OCH3 is 1. The summed E-state index contributed by atoms with van der Waals surface area (Å²) in [7, 11) is 1.66. The van der Waals surface area contributed by atoms with Gasteiger partial charge in [-0.3, -0.25) is 0 Å². The largest absolute Gasteiger partial charge is 0.497 e. The number of amides is 1. The molecule has 1 amide bonds. The van der Waals surface area contributed by atoms with Crippen LogP contribution >= 0.6 is 0 Å². The molecule has 0 aliphatic carbocycles. The molecule has 2 aliphatic rings. The predicted molar refractivity (Wildman–Crippen MR) is 92.4 cm³/mol. The fraction of sp³-hybridized carbons (Fsp3) is 0.611. The summed E-state index contributed by atoms with van der Waals surface area (Å²) in [6.45, 7) is 3.70. The van der Waals surface area contributed by atoms with E-state index in [0.29, 0.717) is 12.5 Å². The van der Waals surface area contributed by atoms with E-state index in [1.807, 2.05) is 12.1 Å². The topological polar surface area (TPSA) is 71.6 Å². The van der Waals surface area contributed by atoms with Gasteiger partial charge < -0.3 is 25.4 Å². The number of carbonyl (C=O) groups excluding carboxylic acids is 1. The van der Waals surface area contributed by atoms with Gasteiger partial charge in [0.25, 0.3) is 0 Å². The molecular formula is C18H27N3O3. The second kappa shape index (κ2) is 8.35. The number of carbonyl (C=O) groups is 1. The van der Waals surface area contributed by atoms with Crippen LogP contribution in [0.15, 0.2) is 24.3 Å². The summed E-state index contributed by atoms with van der Waals surface area (Å²) in [5.41, 5.74) is 1.21. The van der Waals surface area contributed by atoms with Crippen LogP contribution in [-0.2, 0) is 11.2 Å². The van der Waals surface area contributed by atoms with E-state index in [1.54, 1.807) is 7.11 Å². The Kier molecular flexibility index (Phi) is 5.93. The predicted octanol–water partition coefficient (Wildman–Crippen LogP) is 1.30. The number of rotatable bonds is 7. The smallest absolute Gasteiger partial charge is 0.407 e. The molecular weight excluding hydrogens is 306 g/mol. The Morgan fingerprint density at radius 1 is 1.29 bits per heavy atom. The van der Waals surface area contributed by atoms with Gasteiger partial charge in [0.05, 0.1) is 7.11 Å². The molecule has 3 rings (SSSR count).